The minimum atomic E-state index is -4.63. The summed E-state index contributed by atoms with van der Waals surface area (Å²) in [5.74, 6) is -1.45. The van der Waals surface area contributed by atoms with Gasteiger partial charge in [-0.3, -0.25) is 28.9 Å². The Labute approximate surface area is 333 Å². The number of aromatic nitrogens is 3. The van der Waals surface area contributed by atoms with Crippen molar-refractivity contribution < 1.29 is 46.6 Å². The lowest BCUT2D eigenvalue weighted by atomic mass is 9.93. The van der Waals surface area contributed by atoms with Gasteiger partial charge in [-0.15, -0.1) is 11.3 Å². The standard InChI is InChI=1S/C37H52F3N7O7S2/c1-20(2)28(47(6)35(51)31(23-17-55-18-23)45-33(50)27-10-8-9-11-46(27)5)14-29(54-22(4)48)34-44-26(19-56-34)32(49)43-25(12-21(3)36(52)53-7)13-30-41-15-24(16-42-30)37(38,39)40/h15-16,19-21,23,25,27-29,31H,8-14,17-18H2,1-7H3,(H,43,49)(H,45,50)/t21-,25+,27+,28+,29+,31-/m0/s1. The largest absolute Gasteiger partial charge is 0.469 e. The van der Waals surface area contributed by atoms with E-state index in [0.717, 1.165) is 48.6 Å². The highest BCUT2D eigenvalue weighted by Gasteiger charge is 2.41. The third kappa shape index (κ3) is 12.1. The zero-order valence-electron chi connectivity index (χ0n) is 32.8. The van der Waals surface area contributed by atoms with Gasteiger partial charge >= 0.3 is 18.1 Å². The molecule has 6 atom stereocenters. The number of amides is 3. The van der Waals surface area contributed by atoms with Gasteiger partial charge in [-0.1, -0.05) is 27.2 Å². The maximum Gasteiger partial charge on any atom is 0.419 e. The summed E-state index contributed by atoms with van der Waals surface area (Å²) in [6.45, 7) is 7.55. The summed E-state index contributed by atoms with van der Waals surface area (Å²) in [7, 11) is 4.83. The fourth-order valence-corrected chi connectivity index (χ4v) is 8.64. The molecule has 0 radical (unpaired) electrons. The zero-order chi connectivity index (χ0) is 41.3. The number of halogens is 3. The van der Waals surface area contributed by atoms with E-state index >= 15 is 0 Å². The molecule has 2 aromatic heterocycles. The van der Waals surface area contributed by atoms with Crippen LogP contribution in [0, 0.1) is 17.8 Å². The number of alkyl halides is 3. The normalized spacial score (nSPS) is 19.2. The van der Waals surface area contributed by atoms with E-state index in [0.29, 0.717) is 17.4 Å². The minimum Gasteiger partial charge on any atom is -0.469 e. The molecule has 2 aromatic rings. The number of piperidine rings is 1. The molecular formula is C37H52F3N7O7S2. The van der Waals surface area contributed by atoms with Crippen LogP contribution in [0.4, 0.5) is 13.2 Å². The van der Waals surface area contributed by atoms with Crippen LogP contribution in [0.3, 0.4) is 0 Å². The number of rotatable bonds is 17. The molecule has 0 aromatic carbocycles. The van der Waals surface area contributed by atoms with Crippen LogP contribution in [-0.2, 0) is 41.2 Å². The van der Waals surface area contributed by atoms with Crippen LogP contribution in [0.5, 0.6) is 0 Å². The van der Waals surface area contributed by atoms with Crippen LogP contribution >= 0.6 is 23.1 Å². The van der Waals surface area contributed by atoms with Gasteiger partial charge in [0, 0.05) is 62.6 Å². The highest BCUT2D eigenvalue weighted by molar-refractivity contribution is 8.00. The van der Waals surface area contributed by atoms with Crippen LogP contribution in [0.25, 0.3) is 0 Å². The topological polar surface area (TPSA) is 173 Å². The lowest BCUT2D eigenvalue weighted by Gasteiger charge is -2.40. The number of esters is 2. The summed E-state index contributed by atoms with van der Waals surface area (Å²) < 4.78 is 49.8. The maximum atomic E-state index is 14.2. The van der Waals surface area contributed by atoms with Crippen molar-refractivity contribution in [2.45, 2.75) is 103 Å². The van der Waals surface area contributed by atoms with Crippen molar-refractivity contribution in [1.82, 2.24) is 35.4 Å². The Balaban J connectivity index is 1.51. The Bertz CT molecular complexity index is 1680. The summed E-state index contributed by atoms with van der Waals surface area (Å²) in [4.78, 5) is 81.6. The van der Waals surface area contributed by atoms with E-state index in [1.165, 1.54) is 19.4 Å². The van der Waals surface area contributed by atoms with Crippen LogP contribution in [0.2, 0.25) is 0 Å². The number of likely N-dealkylation sites (N-methyl/N-ethyl adjacent to an activating group) is 2. The molecule has 0 saturated carbocycles. The second-order valence-corrected chi connectivity index (χ2v) is 16.8. The van der Waals surface area contributed by atoms with Gasteiger partial charge in [0.2, 0.25) is 11.8 Å². The Hall–Kier alpha value is -3.84. The maximum absolute atomic E-state index is 14.2. The van der Waals surface area contributed by atoms with Crippen molar-refractivity contribution in [3.8, 4) is 0 Å². The molecule has 2 N–H and O–H groups in total. The molecule has 2 saturated heterocycles. The molecule has 0 spiro atoms. The fraction of sp³-hybridized carbons (Fsp3) is 0.676. The first-order valence-electron chi connectivity index (χ1n) is 18.6. The van der Waals surface area contributed by atoms with Gasteiger partial charge in [0.15, 0.2) is 6.10 Å². The highest BCUT2D eigenvalue weighted by atomic mass is 32.2. The molecule has 14 nitrogen and oxygen atoms in total. The molecule has 56 heavy (non-hydrogen) atoms. The molecule has 2 fully saturated rings. The average Bonchev–Trinajstić information content (AvgIpc) is 3.62. The van der Waals surface area contributed by atoms with Crippen molar-refractivity contribution >= 4 is 52.8 Å². The Morgan fingerprint density at radius 3 is 2.29 bits per heavy atom. The van der Waals surface area contributed by atoms with E-state index in [1.54, 1.807) is 30.6 Å². The van der Waals surface area contributed by atoms with Gasteiger partial charge in [0.05, 0.1) is 24.6 Å². The number of thioether (sulfide) groups is 1. The van der Waals surface area contributed by atoms with E-state index in [1.807, 2.05) is 25.8 Å². The van der Waals surface area contributed by atoms with Crippen LogP contribution in [-0.4, -0.2) is 118 Å². The fourth-order valence-electron chi connectivity index (χ4n) is 6.91. The SMILES string of the molecule is COC(=O)[C@@H](C)C[C@H](Cc1ncc(C(F)(F)F)cn1)NC(=O)c1csc([C@@H](C[C@H](C(C)C)N(C)C(=O)[C@@H](NC(=O)[C@H]2CCCCN2C)C2CSC2)OC(C)=O)n1. The van der Waals surface area contributed by atoms with Crippen LogP contribution in [0.15, 0.2) is 17.8 Å². The second-order valence-electron chi connectivity index (χ2n) is 14.9. The molecule has 19 heteroatoms. The van der Waals surface area contributed by atoms with Crippen LogP contribution in [0.1, 0.15) is 92.8 Å². The first-order chi connectivity index (χ1) is 26.4. The quantitative estimate of drug-likeness (QED) is 0.217. The first-order valence-corrected chi connectivity index (χ1v) is 20.7. The van der Waals surface area contributed by atoms with Gasteiger partial charge in [0.1, 0.15) is 22.6 Å². The third-order valence-electron chi connectivity index (χ3n) is 10.2. The highest BCUT2D eigenvalue weighted by Crippen LogP contribution is 2.33. The second kappa shape index (κ2) is 20.0. The van der Waals surface area contributed by atoms with E-state index in [4.69, 9.17) is 9.47 Å². The van der Waals surface area contributed by atoms with Crippen molar-refractivity contribution in [2.75, 3.05) is 39.3 Å². The van der Waals surface area contributed by atoms with Crippen molar-refractivity contribution in [1.29, 1.82) is 0 Å². The van der Waals surface area contributed by atoms with Gasteiger partial charge in [-0.25, -0.2) is 15.0 Å². The number of thiazole rings is 1. The average molecular weight is 828 g/mol. The Morgan fingerprint density at radius 1 is 1.05 bits per heavy atom. The van der Waals surface area contributed by atoms with Crippen molar-refractivity contribution in [3.05, 3.63) is 39.9 Å². The molecule has 0 unspecified atom stereocenters. The van der Waals surface area contributed by atoms with Gasteiger partial charge in [0.25, 0.3) is 5.91 Å². The smallest absolute Gasteiger partial charge is 0.419 e. The number of nitrogens with zero attached hydrogens (tertiary/aromatic N) is 5. The zero-order valence-corrected chi connectivity index (χ0v) is 34.4. The number of methoxy groups -OCH3 is 1. The molecular weight excluding hydrogens is 776 g/mol. The summed E-state index contributed by atoms with van der Waals surface area (Å²) in [5, 5.41) is 7.67. The predicted octanol–water partition coefficient (Wildman–Crippen LogP) is 4.30. The third-order valence-corrected chi connectivity index (χ3v) is 12.5. The minimum absolute atomic E-state index is 0.0184. The molecule has 4 heterocycles. The lowest BCUT2D eigenvalue weighted by Crippen LogP contribution is -2.60. The molecule has 0 bridgehead atoms. The van der Waals surface area contributed by atoms with E-state index in [-0.39, 0.29) is 60.5 Å². The van der Waals surface area contributed by atoms with E-state index in [9.17, 15) is 37.1 Å². The first kappa shape index (κ1) is 44.9. The number of carbonyl (C=O) groups excluding carboxylic acids is 5. The molecule has 2 aliphatic heterocycles. The number of hydrogen-bond donors (Lipinski definition) is 2. The number of ether oxygens (including phenoxy) is 2. The summed E-state index contributed by atoms with van der Waals surface area (Å²) in [6.07, 6.45) is -1.43. The summed E-state index contributed by atoms with van der Waals surface area (Å²) in [5.41, 5.74) is -1.04. The monoisotopic (exact) mass is 827 g/mol. The Morgan fingerprint density at radius 2 is 1.73 bits per heavy atom. The molecule has 2 aliphatic rings. The van der Waals surface area contributed by atoms with Gasteiger partial charge < -0.3 is 25.0 Å². The van der Waals surface area contributed by atoms with E-state index < -0.39 is 59.7 Å². The molecule has 3 amide bonds. The number of nitrogens with one attached hydrogen (secondary N) is 2. The van der Waals surface area contributed by atoms with Crippen molar-refractivity contribution in [3.63, 3.8) is 0 Å². The summed E-state index contributed by atoms with van der Waals surface area (Å²) >= 11 is 2.80. The molecule has 310 valence electrons. The van der Waals surface area contributed by atoms with Crippen LogP contribution < -0.4 is 10.6 Å². The van der Waals surface area contributed by atoms with E-state index in [2.05, 4.69) is 25.6 Å². The van der Waals surface area contributed by atoms with Gasteiger partial charge in [-0.2, -0.15) is 24.9 Å². The van der Waals surface area contributed by atoms with Gasteiger partial charge in [-0.05, 0) is 50.3 Å². The Kier molecular flexibility index (Phi) is 16.1. The lowest BCUT2D eigenvalue weighted by molar-refractivity contribution is -0.149. The molecule has 4 rings (SSSR count). The summed E-state index contributed by atoms with van der Waals surface area (Å²) in [6, 6.07) is -2.26. The number of carbonyl (C=O) groups is 5. The molecule has 0 aliphatic carbocycles. The number of hydrogen-bond acceptors (Lipinski definition) is 13. The van der Waals surface area contributed by atoms with Crippen molar-refractivity contribution in [2.24, 2.45) is 17.8 Å². The predicted molar refractivity (Wildman–Crippen MR) is 203 cm³/mol. The number of likely N-dealkylation sites (tertiary alicyclic amines) is 1.